The van der Waals surface area contributed by atoms with Gasteiger partial charge in [0.1, 0.15) is 0 Å². The Bertz CT molecular complexity index is 423. The molecule has 1 saturated heterocycles. The SMILES string of the molecule is CCC1CCN(Cc2ccc(Cl)cc2Cl)C(CN)C1. The second kappa shape index (κ2) is 6.94. The van der Waals surface area contributed by atoms with Crippen LogP contribution in [0.25, 0.3) is 0 Å². The quantitative estimate of drug-likeness (QED) is 0.912. The summed E-state index contributed by atoms with van der Waals surface area (Å²) in [7, 11) is 0. The zero-order valence-electron chi connectivity index (χ0n) is 11.4. The first-order valence-electron chi connectivity index (χ1n) is 7.02. The Morgan fingerprint density at radius 2 is 2.16 bits per heavy atom. The number of piperidine rings is 1. The standard InChI is InChI=1S/C15H22Cl2N2/c1-2-11-5-6-19(14(7-11)9-18)10-12-3-4-13(16)8-15(12)17/h3-4,8,11,14H,2,5-7,9-10,18H2,1H3. The number of likely N-dealkylation sites (tertiary alicyclic amines) is 1. The third kappa shape index (κ3) is 3.85. The van der Waals surface area contributed by atoms with E-state index in [4.69, 9.17) is 28.9 Å². The molecule has 2 N–H and O–H groups in total. The van der Waals surface area contributed by atoms with Gasteiger partial charge in [-0.2, -0.15) is 0 Å². The minimum atomic E-state index is 0.477. The summed E-state index contributed by atoms with van der Waals surface area (Å²) >= 11 is 12.2. The molecule has 4 heteroatoms. The number of halogens is 2. The molecule has 2 rings (SSSR count). The molecule has 2 nitrogen and oxygen atoms in total. The van der Waals surface area contributed by atoms with Crippen molar-refractivity contribution < 1.29 is 0 Å². The van der Waals surface area contributed by atoms with Gasteiger partial charge in [-0.1, -0.05) is 42.6 Å². The van der Waals surface area contributed by atoms with Crippen LogP contribution < -0.4 is 5.73 Å². The van der Waals surface area contributed by atoms with E-state index in [1.165, 1.54) is 19.3 Å². The Morgan fingerprint density at radius 3 is 2.79 bits per heavy atom. The largest absolute Gasteiger partial charge is 0.329 e. The van der Waals surface area contributed by atoms with E-state index in [0.29, 0.717) is 11.1 Å². The molecule has 0 radical (unpaired) electrons. The van der Waals surface area contributed by atoms with Crippen LogP contribution in [-0.2, 0) is 6.54 Å². The normalized spacial score (nSPS) is 24.6. The van der Waals surface area contributed by atoms with E-state index in [-0.39, 0.29) is 0 Å². The van der Waals surface area contributed by atoms with Gasteiger partial charge in [0.05, 0.1) is 0 Å². The van der Waals surface area contributed by atoms with E-state index in [0.717, 1.165) is 36.1 Å². The van der Waals surface area contributed by atoms with Crippen LogP contribution in [0.2, 0.25) is 10.0 Å². The molecule has 0 saturated carbocycles. The molecule has 1 fully saturated rings. The van der Waals surface area contributed by atoms with Crippen molar-refractivity contribution in [2.45, 2.75) is 38.8 Å². The highest BCUT2D eigenvalue weighted by Gasteiger charge is 2.26. The summed E-state index contributed by atoms with van der Waals surface area (Å²) in [4.78, 5) is 2.46. The van der Waals surface area contributed by atoms with E-state index in [2.05, 4.69) is 11.8 Å². The molecule has 0 bridgehead atoms. The van der Waals surface area contributed by atoms with Crippen molar-refractivity contribution in [2.24, 2.45) is 11.7 Å². The fraction of sp³-hybridized carbons (Fsp3) is 0.600. The molecule has 1 heterocycles. The Morgan fingerprint density at radius 1 is 1.37 bits per heavy atom. The summed E-state index contributed by atoms with van der Waals surface area (Å²) < 4.78 is 0. The average molecular weight is 301 g/mol. The van der Waals surface area contributed by atoms with E-state index in [9.17, 15) is 0 Å². The number of nitrogens with two attached hydrogens (primary N) is 1. The summed E-state index contributed by atoms with van der Waals surface area (Å²) in [6.07, 6.45) is 3.72. The third-order valence-corrected chi connectivity index (χ3v) is 4.77. The number of nitrogens with zero attached hydrogens (tertiary/aromatic N) is 1. The van der Waals surface area contributed by atoms with Crippen LogP contribution in [0.15, 0.2) is 18.2 Å². The molecule has 1 aliphatic rings. The maximum atomic E-state index is 6.25. The summed E-state index contributed by atoms with van der Waals surface area (Å²) in [5.41, 5.74) is 7.07. The van der Waals surface area contributed by atoms with Crippen LogP contribution in [-0.4, -0.2) is 24.0 Å². The fourth-order valence-corrected chi connectivity index (χ4v) is 3.34. The van der Waals surface area contributed by atoms with Crippen LogP contribution >= 0.6 is 23.2 Å². The maximum absolute atomic E-state index is 6.25. The molecule has 2 unspecified atom stereocenters. The van der Waals surface area contributed by atoms with Crippen molar-refractivity contribution in [3.63, 3.8) is 0 Å². The first kappa shape index (κ1) is 15.1. The predicted octanol–water partition coefficient (Wildman–Crippen LogP) is 3.94. The van der Waals surface area contributed by atoms with Gasteiger partial charge in [-0.3, -0.25) is 4.90 Å². The highest BCUT2D eigenvalue weighted by atomic mass is 35.5. The van der Waals surface area contributed by atoms with Gasteiger partial charge in [-0.25, -0.2) is 0 Å². The number of benzene rings is 1. The zero-order chi connectivity index (χ0) is 13.8. The Labute approximate surface area is 125 Å². The molecule has 0 aromatic heterocycles. The van der Waals surface area contributed by atoms with Crippen molar-refractivity contribution in [3.05, 3.63) is 33.8 Å². The highest BCUT2D eigenvalue weighted by molar-refractivity contribution is 6.35. The average Bonchev–Trinajstić information content (AvgIpc) is 2.42. The summed E-state index contributed by atoms with van der Waals surface area (Å²) in [6, 6.07) is 6.21. The topological polar surface area (TPSA) is 29.3 Å². The Balaban J connectivity index is 2.05. The molecule has 1 aromatic rings. The van der Waals surface area contributed by atoms with Crippen LogP contribution in [0.5, 0.6) is 0 Å². The molecule has 1 aromatic carbocycles. The molecule has 106 valence electrons. The highest BCUT2D eigenvalue weighted by Crippen LogP contribution is 2.28. The predicted molar refractivity (Wildman–Crippen MR) is 82.7 cm³/mol. The summed E-state index contributed by atoms with van der Waals surface area (Å²) in [6.45, 7) is 4.97. The summed E-state index contributed by atoms with van der Waals surface area (Å²) in [5.74, 6) is 0.825. The molecular weight excluding hydrogens is 279 g/mol. The summed E-state index contributed by atoms with van der Waals surface area (Å²) in [5, 5.41) is 1.44. The van der Waals surface area contributed by atoms with E-state index >= 15 is 0 Å². The molecule has 1 aliphatic heterocycles. The van der Waals surface area contributed by atoms with Gasteiger partial charge in [0.15, 0.2) is 0 Å². The van der Waals surface area contributed by atoms with Gasteiger partial charge in [0.25, 0.3) is 0 Å². The lowest BCUT2D eigenvalue weighted by Gasteiger charge is -2.39. The van der Waals surface area contributed by atoms with Crippen molar-refractivity contribution >= 4 is 23.2 Å². The zero-order valence-corrected chi connectivity index (χ0v) is 12.9. The smallest absolute Gasteiger partial charge is 0.0465 e. The van der Waals surface area contributed by atoms with E-state index < -0.39 is 0 Å². The van der Waals surface area contributed by atoms with Crippen LogP contribution in [0, 0.1) is 5.92 Å². The third-order valence-electron chi connectivity index (χ3n) is 4.18. The van der Waals surface area contributed by atoms with Crippen molar-refractivity contribution in [1.82, 2.24) is 4.90 Å². The van der Waals surface area contributed by atoms with Gasteiger partial charge in [-0.05, 0) is 43.0 Å². The molecule has 0 spiro atoms. The second-order valence-corrected chi connectivity index (χ2v) is 6.24. The lowest BCUT2D eigenvalue weighted by Crippen LogP contribution is -2.46. The fourth-order valence-electron chi connectivity index (χ4n) is 2.88. The molecule has 19 heavy (non-hydrogen) atoms. The van der Waals surface area contributed by atoms with Crippen molar-refractivity contribution in [3.8, 4) is 0 Å². The maximum Gasteiger partial charge on any atom is 0.0465 e. The van der Waals surface area contributed by atoms with Crippen molar-refractivity contribution in [1.29, 1.82) is 0 Å². The van der Waals surface area contributed by atoms with Gasteiger partial charge in [0.2, 0.25) is 0 Å². The lowest BCUT2D eigenvalue weighted by molar-refractivity contribution is 0.107. The molecule has 0 amide bonds. The van der Waals surface area contributed by atoms with Crippen molar-refractivity contribution in [2.75, 3.05) is 13.1 Å². The van der Waals surface area contributed by atoms with Gasteiger partial charge >= 0.3 is 0 Å². The van der Waals surface area contributed by atoms with E-state index in [1.807, 2.05) is 18.2 Å². The Kier molecular flexibility index (Phi) is 5.52. The number of hydrogen-bond donors (Lipinski definition) is 1. The number of hydrogen-bond acceptors (Lipinski definition) is 2. The minimum absolute atomic E-state index is 0.477. The number of rotatable bonds is 4. The van der Waals surface area contributed by atoms with Gasteiger partial charge in [-0.15, -0.1) is 0 Å². The molecular formula is C15H22Cl2N2. The van der Waals surface area contributed by atoms with Crippen LogP contribution in [0.1, 0.15) is 31.7 Å². The minimum Gasteiger partial charge on any atom is -0.329 e. The van der Waals surface area contributed by atoms with Crippen LogP contribution in [0.3, 0.4) is 0 Å². The molecule has 0 aliphatic carbocycles. The van der Waals surface area contributed by atoms with E-state index in [1.54, 1.807) is 0 Å². The molecule has 2 atom stereocenters. The Hall–Kier alpha value is -0.280. The van der Waals surface area contributed by atoms with Gasteiger partial charge < -0.3 is 5.73 Å². The lowest BCUT2D eigenvalue weighted by atomic mass is 9.88. The van der Waals surface area contributed by atoms with Gasteiger partial charge in [0, 0.05) is 29.2 Å². The first-order valence-corrected chi connectivity index (χ1v) is 7.77. The van der Waals surface area contributed by atoms with Crippen LogP contribution in [0.4, 0.5) is 0 Å². The second-order valence-electron chi connectivity index (χ2n) is 5.39. The monoisotopic (exact) mass is 300 g/mol. The first-order chi connectivity index (χ1) is 9.13.